The molecule has 1 atom stereocenters. The van der Waals surface area contributed by atoms with Gasteiger partial charge >= 0.3 is 0 Å². The van der Waals surface area contributed by atoms with Crippen molar-refractivity contribution < 1.29 is 4.79 Å². The molecule has 0 bridgehead atoms. The summed E-state index contributed by atoms with van der Waals surface area (Å²) in [5.41, 5.74) is 0. The lowest BCUT2D eigenvalue weighted by molar-refractivity contribution is -0.120. The number of nitrogens with one attached hydrogen (secondary N) is 2. The summed E-state index contributed by atoms with van der Waals surface area (Å²) < 4.78 is 1.04. The van der Waals surface area contributed by atoms with Crippen LogP contribution in [0.15, 0.2) is 15.9 Å². The molecule has 1 aromatic rings. The molecule has 3 nitrogen and oxygen atoms in total. The monoisotopic (exact) mass is 288 g/mol. The Morgan fingerprint density at radius 3 is 3.07 bits per heavy atom. The molecule has 5 heteroatoms. The van der Waals surface area contributed by atoms with E-state index in [2.05, 4.69) is 26.6 Å². The molecule has 1 aromatic heterocycles. The van der Waals surface area contributed by atoms with Crippen molar-refractivity contribution >= 4 is 38.2 Å². The fourth-order valence-corrected chi connectivity index (χ4v) is 2.97. The number of amides is 1. The van der Waals surface area contributed by atoms with E-state index in [-0.39, 0.29) is 11.8 Å². The summed E-state index contributed by atoms with van der Waals surface area (Å²) in [5.74, 6) is 0.260. The van der Waals surface area contributed by atoms with Crippen molar-refractivity contribution in [2.24, 2.45) is 5.92 Å². The molecular formula is C10H13BrN2OS. The lowest BCUT2D eigenvalue weighted by Crippen LogP contribution is -2.37. The van der Waals surface area contributed by atoms with E-state index in [1.165, 1.54) is 0 Å². The third-order valence-corrected chi connectivity index (χ3v) is 4.03. The van der Waals surface area contributed by atoms with Crippen LogP contribution in [0.4, 0.5) is 5.00 Å². The molecule has 0 aromatic carbocycles. The zero-order chi connectivity index (χ0) is 10.7. The fourth-order valence-electron chi connectivity index (χ4n) is 1.68. The van der Waals surface area contributed by atoms with Crippen LogP contribution in [0.2, 0.25) is 0 Å². The Morgan fingerprint density at radius 2 is 2.47 bits per heavy atom. The van der Waals surface area contributed by atoms with Crippen LogP contribution in [0.3, 0.4) is 0 Å². The van der Waals surface area contributed by atoms with Gasteiger partial charge in [0.1, 0.15) is 0 Å². The Kier molecular flexibility index (Phi) is 3.77. The van der Waals surface area contributed by atoms with Gasteiger partial charge < -0.3 is 10.6 Å². The zero-order valence-electron chi connectivity index (χ0n) is 8.25. The van der Waals surface area contributed by atoms with Gasteiger partial charge in [0.15, 0.2) is 0 Å². The maximum Gasteiger partial charge on any atom is 0.229 e. The molecule has 2 heterocycles. The first kappa shape index (κ1) is 11.1. The van der Waals surface area contributed by atoms with E-state index in [1.54, 1.807) is 11.3 Å². The first-order valence-corrected chi connectivity index (χ1v) is 6.63. The molecule has 82 valence electrons. The zero-order valence-corrected chi connectivity index (χ0v) is 10.7. The topological polar surface area (TPSA) is 41.1 Å². The van der Waals surface area contributed by atoms with Crippen LogP contribution in [0.1, 0.15) is 12.8 Å². The van der Waals surface area contributed by atoms with Crippen molar-refractivity contribution in [2.75, 3.05) is 18.4 Å². The van der Waals surface area contributed by atoms with Crippen molar-refractivity contribution in [2.45, 2.75) is 12.8 Å². The van der Waals surface area contributed by atoms with Gasteiger partial charge in [-0.3, -0.25) is 4.79 Å². The van der Waals surface area contributed by atoms with E-state index < -0.39 is 0 Å². The van der Waals surface area contributed by atoms with E-state index in [0.717, 1.165) is 34.7 Å². The van der Waals surface area contributed by atoms with Crippen LogP contribution >= 0.6 is 27.3 Å². The summed E-state index contributed by atoms with van der Waals surface area (Å²) in [6, 6.07) is 3.86. The first-order chi connectivity index (χ1) is 7.25. The number of hydrogen-bond donors (Lipinski definition) is 2. The van der Waals surface area contributed by atoms with Crippen molar-refractivity contribution in [1.82, 2.24) is 5.32 Å². The molecule has 1 fully saturated rings. The fraction of sp³-hybridized carbons (Fsp3) is 0.500. The van der Waals surface area contributed by atoms with Gasteiger partial charge in [-0.1, -0.05) is 0 Å². The van der Waals surface area contributed by atoms with Gasteiger partial charge in [-0.2, -0.15) is 0 Å². The van der Waals surface area contributed by atoms with Crippen LogP contribution in [0.25, 0.3) is 0 Å². The minimum Gasteiger partial charge on any atom is -0.317 e. The minimum absolute atomic E-state index is 0.125. The van der Waals surface area contributed by atoms with Gasteiger partial charge in [0.05, 0.1) is 14.7 Å². The van der Waals surface area contributed by atoms with E-state index in [9.17, 15) is 4.79 Å². The summed E-state index contributed by atoms with van der Waals surface area (Å²) in [7, 11) is 0. The quantitative estimate of drug-likeness (QED) is 0.878. The molecule has 2 N–H and O–H groups in total. The summed E-state index contributed by atoms with van der Waals surface area (Å²) in [5, 5.41) is 7.10. The Hall–Kier alpha value is -0.390. The Morgan fingerprint density at radius 1 is 1.60 bits per heavy atom. The molecule has 0 saturated carbocycles. The predicted octanol–water partition coefficient (Wildman–Crippen LogP) is 2.45. The highest BCUT2D eigenvalue weighted by molar-refractivity contribution is 9.11. The Bertz CT molecular complexity index is 347. The second-order valence-corrected chi connectivity index (χ2v) is 6.10. The molecular weight excluding hydrogens is 276 g/mol. The number of piperidine rings is 1. The SMILES string of the molecule is O=C(Nc1ccc(Br)s1)C1CCCNC1. The molecule has 1 amide bonds. The highest BCUT2D eigenvalue weighted by atomic mass is 79.9. The molecule has 0 spiro atoms. The van der Waals surface area contributed by atoms with Crippen LogP contribution in [0, 0.1) is 5.92 Å². The third-order valence-electron chi connectivity index (χ3n) is 2.49. The lowest BCUT2D eigenvalue weighted by Gasteiger charge is -2.21. The van der Waals surface area contributed by atoms with Crippen LogP contribution in [0.5, 0.6) is 0 Å². The van der Waals surface area contributed by atoms with Gasteiger partial charge in [-0.05, 0) is 47.4 Å². The number of hydrogen-bond acceptors (Lipinski definition) is 3. The standard InChI is InChI=1S/C10H13BrN2OS/c11-8-3-4-9(15-8)13-10(14)7-2-1-5-12-6-7/h3-4,7,12H,1-2,5-6H2,(H,13,14). The molecule has 0 radical (unpaired) electrons. The normalized spacial score (nSPS) is 21.3. The highest BCUT2D eigenvalue weighted by Gasteiger charge is 2.20. The Balaban J connectivity index is 1.91. The minimum atomic E-state index is 0.125. The van der Waals surface area contributed by atoms with Gasteiger partial charge in [-0.25, -0.2) is 0 Å². The number of carbonyl (C=O) groups excluding carboxylic acids is 1. The molecule has 1 aliphatic rings. The van der Waals surface area contributed by atoms with Crippen molar-refractivity contribution in [3.63, 3.8) is 0 Å². The van der Waals surface area contributed by atoms with E-state index in [4.69, 9.17) is 0 Å². The summed E-state index contributed by atoms with van der Waals surface area (Å²) in [6.07, 6.45) is 2.08. The van der Waals surface area contributed by atoms with Crippen LogP contribution < -0.4 is 10.6 Å². The number of thiophene rings is 1. The second-order valence-electron chi connectivity index (χ2n) is 3.64. The van der Waals surface area contributed by atoms with Gasteiger partial charge in [0.25, 0.3) is 0 Å². The first-order valence-electron chi connectivity index (χ1n) is 5.02. The summed E-state index contributed by atoms with van der Waals surface area (Å²) >= 11 is 4.92. The predicted molar refractivity (Wildman–Crippen MR) is 66.2 cm³/mol. The second kappa shape index (κ2) is 5.09. The maximum absolute atomic E-state index is 11.8. The molecule has 1 unspecified atom stereocenters. The van der Waals surface area contributed by atoms with Gasteiger partial charge in [0, 0.05) is 6.54 Å². The Labute approximate surface area is 101 Å². The molecule has 2 rings (SSSR count). The van der Waals surface area contributed by atoms with E-state index >= 15 is 0 Å². The molecule has 1 saturated heterocycles. The molecule has 1 aliphatic heterocycles. The third kappa shape index (κ3) is 3.03. The largest absolute Gasteiger partial charge is 0.317 e. The van der Waals surface area contributed by atoms with E-state index in [0.29, 0.717) is 0 Å². The lowest BCUT2D eigenvalue weighted by atomic mass is 9.99. The number of halogens is 1. The van der Waals surface area contributed by atoms with Gasteiger partial charge in [0.2, 0.25) is 5.91 Å². The number of anilines is 1. The van der Waals surface area contributed by atoms with Crippen molar-refractivity contribution in [3.05, 3.63) is 15.9 Å². The molecule has 15 heavy (non-hydrogen) atoms. The van der Waals surface area contributed by atoms with Crippen molar-refractivity contribution in [3.8, 4) is 0 Å². The smallest absolute Gasteiger partial charge is 0.229 e. The summed E-state index contributed by atoms with van der Waals surface area (Å²) in [4.78, 5) is 11.8. The van der Waals surface area contributed by atoms with Gasteiger partial charge in [-0.15, -0.1) is 11.3 Å². The highest BCUT2D eigenvalue weighted by Crippen LogP contribution is 2.27. The van der Waals surface area contributed by atoms with Crippen molar-refractivity contribution in [1.29, 1.82) is 0 Å². The number of rotatable bonds is 2. The molecule has 0 aliphatic carbocycles. The average Bonchev–Trinajstić information content (AvgIpc) is 2.65. The van der Waals surface area contributed by atoms with Crippen LogP contribution in [-0.4, -0.2) is 19.0 Å². The van der Waals surface area contributed by atoms with E-state index in [1.807, 2.05) is 12.1 Å². The maximum atomic E-state index is 11.8. The average molecular weight is 289 g/mol. The van der Waals surface area contributed by atoms with Crippen LogP contribution in [-0.2, 0) is 4.79 Å². The summed E-state index contributed by atoms with van der Waals surface area (Å²) in [6.45, 7) is 1.84. The number of carbonyl (C=O) groups is 1.